The van der Waals surface area contributed by atoms with E-state index in [2.05, 4.69) is 5.32 Å². The molecule has 42 heavy (non-hydrogen) atoms. The number of carbonyl (C=O) groups is 2. The molecule has 3 N–H and O–H groups in total. The van der Waals surface area contributed by atoms with Gasteiger partial charge in [-0.05, 0) is 90.1 Å². The Hall–Kier alpha value is -4.28. The van der Waals surface area contributed by atoms with Crippen LogP contribution in [0.3, 0.4) is 0 Å². The van der Waals surface area contributed by atoms with Crippen LogP contribution in [0.1, 0.15) is 45.8 Å². The molecule has 0 aromatic heterocycles. The van der Waals surface area contributed by atoms with Gasteiger partial charge in [-0.1, -0.05) is 12.1 Å². The molecule has 6 nitrogen and oxygen atoms in total. The first kappa shape index (κ1) is 30.7. The normalized spacial score (nSPS) is 17.2. The summed E-state index contributed by atoms with van der Waals surface area (Å²) in [6.45, 7) is 2.10. The van der Waals surface area contributed by atoms with Gasteiger partial charge in [0, 0.05) is 36.9 Å². The molecule has 1 saturated carbocycles. The van der Waals surface area contributed by atoms with Gasteiger partial charge in [0.15, 0.2) is 29.1 Å². The van der Waals surface area contributed by atoms with Crippen LogP contribution in [0.25, 0.3) is 12.2 Å². The predicted molar refractivity (Wildman–Crippen MR) is 151 cm³/mol. The molecule has 10 heteroatoms. The van der Waals surface area contributed by atoms with Gasteiger partial charge in [-0.2, -0.15) is 0 Å². The summed E-state index contributed by atoms with van der Waals surface area (Å²) in [5, 5.41) is 3.16. The lowest BCUT2D eigenvalue weighted by Gasteiger charge is -2.28. The number of nitrogens with one attached hydrogen (secondary N) is 1. The Morgan fingerprint density at radius 2 is 1.43 bits per heavy atom. The number of hydrogen-bond acceptors (Lipinski definition) is 5. The van der Waals surface area contributed by atoms with Crippen molar-refractivity contribution >= 4 is 23.8 Å². The molecule has 220 valence electrons. The lowest BCUT2D eigenvalue weighted by atomic mass is 9.75. The highest BCUT2D eigenvalue weighted by molar-refractivity contribution is 6.14. The van der Waals surface area contributed by atoms with Crippen molar-refractivity contribution in [1.82, 2.24) is 5.32 Å². The van der Waals surface area contributed by atoms with Crippen molar-refractivity contribution in [3.8, 4) is 5.75 Å². The number of Topliss-reactive ketones (excluding diaryl/α,β-unsaturated/α-hetero) is 1. The number of hydrogen-bond donors (Lipinski definition) is 2. The molecule has 0 radical (unpaired) electrons. The van der Waals surface area contributed by atoms with Gasteiger partial charge < -0.3 is 20.5 Å². The number of benzene rings is 3. The van der Waals surface area contributed by atoms with E-state index in [9.17, 15) is 27.2 Å². The summed E-state index contributed by atoms with van der Waals surface area (Å²) in [6, 6.07) is 11.4. The van der Waals surface area contributed by atoms with Crippen LogP contribution < -0.4 is 15.8 Å². The molecule has 0 saturated heterocycles. The van der Waals surface area contributed by atoms with Crippen LogP contribution in [0.2, 0.25) is 0 Å². The smallest absolute Gasteiger partial charge is 0.248 e. The first-order valence-corrected chi connectivity index (χ1v) is 13.3. The fourth-order valence-corrected chi connectivity index (χ4v) is 4.80. The minimum Gasteiger partial charge on any atom is -0.492 e. The van der Waals surface area contributed by atoms with E-state index < -0.39 is 40.9 Å². The zero-order valence-corrected chi connectivity index (χ0v) is 22.9. The molecule has 0 spiro atoms. The number of amides is 1. The van der Waals surface area contributed by atoms with Crippen LogP contribution in [0.4, 0.5) is 17.6 Å². The Morgan fingerprint density at radius 1 is 0.857 bits per heavy atom. The number of allylic oxidation sites excluding steroid dienone is 2. The van der Waals surface area contributed by atoms with E-state index in [4.69, 9.17) is 15.2 Å². The third kappa shape index (κ3) is 7.71. The lowest BCUT2D eigenvalue weighted by Crippen LogP contribution is -2.25. The molecule has 1 fully saturated rings. The number of nitrogens with two attached hydrogens (primary N) is 1. The van der Waals surface area contributed by atoms with Gasteiger partial charge in [-0.3, -0.25) is 9.59 Å². The highest BCUT2D eigenvalue weighted by atomic mass is 19.2. The topological polar surface area (TPSA) is 90.7 Å². The predicted octanol–water partition coefficient (Wildman–Crippen LogP) is 5.57. The number of carbonyl (C=O) groups excluding carboxylic acids is 2. The van der Waals surface area contributed by atoms with Gasteiger partial charge >= 0.3 is 0 Å². The van der Waals surface area contributed by atoms with Crippen molar-refractivity contribution in [3.05, 3.63) is 111 Å². The number of halogens is 4. The van der Waals surface area contributed by atoms with E-state index in [1.165, 1.54) is 24.3 Å². The third-order valence-corrected chi connectivity index (χ3v) is 6.84. The van der Waals surface area contributed by atoms with Gasteiger partial charge in [0.1, 0.15) is 12.4 Å². The molecular formula is C32H30F4N2O4. The Kier molecular flexibility index (Phi) is 10.3. The molecule has 1 aliphatic rings. The maximum atomic E-state index is 13.9. The Morgan fingerprint density at radius 3 is 1.95 bits per heavy atom. The molecular weight excluding hydrogens is 552 g/mol. The highest BCUT2D eigenvalue weighted by Crippen LogP contribution is 2.41. The Labute approximate surface area is 240 Å². The van der Waals surface area contributed by atoms with Crippen LogP contribution in [0.15, 0.2) is 65.7 Å². The average Bonchev–Trinajstić information content (AvgIpc) is 2.96. The van der Waals surface area contributed by atoms with Crippen LogP contribution in [-0.4, -0.2) is 45.1 Å². The molecule has 4 rings (SSSR count). The van der Waals surface area contributed by atoms with Gasteiger partial charge in [0.05, 0.1) is 6.61 Å². The molecule has 1 aliphatic carbocycles. The van der Waals surface area contributed by atoms with Gasteiger partial charge in [0.25, 0.3) is 0 Å². The van der Waals surface area contributed by atoms with Gasteiger partial charge in [0.2, 0.25) is 5.91 Å². The van der Waals surface area contributed by atoms with Crippen molar-refractivity contribution in [3.63, 3.8) is 0 Å². The number of methoxy groups -OCH3 is 1. The summed E-state index contributed by atoms with van der Waals surface area (Å²) in [6.07, 6.45) is 3.20. The standard InChI is InChI=1S/C32H30F4N2O4/c1-41-10-8-38-9-11-42-24-4-5-25(32(37)40)26(18-24)21-16-22(12-19-2-6-27(33)29(35)14-19)31(39)23(17-21)13-20-3-7-28(34)30(36)15-20/h2-7,12-15,18,21,38H,8-11,16-17H2,1H3,(H2,37,40)/b22-12+,23-13+. The molecule has 0 aliphatic heterocycles. The molecule has 0 heterocycles. The van der Waals surface area contributed by atoms with Crippen molar-refractivity contribution in [2.45, 2.75) is 18.8 Å². The third-order valence-electron chi connectivity index (χ3n) is 6.84. The van der Waals surface area contributed by atoms with Crippen LogP contribution >= 0.6 is 0 Å². The Balaban J connectivity index is 1.72. The fraction of sp³-hybridized carbons (Fsp3) is 0.250. The average molecular weight is 583 g/mol. The lowest BCUT2D eigenvalue weighted by molar-refractivity contribution is -0.113. The van der Waals surface area contributed by atoms with Crippen molar-refractivity contribution in [2.24, 2.45) is 5.73 Å². The summed E-state index contributed by atoms with van der Waals surface area (Å²) in [5.74, 6) is -5.23. The fourth-order valence-electron chi connectivity index (χ4n) is 4.80. The maximum absolute atomic E-state index is 13.9. The van der Waals surface area contributed by atoms with Crippen LogP contribution in [0.5, 0.6) is 5.75 Å². The second kappa shape index (κ2) is 14.1. The van der Waals surface area contributed by atoms with E-state index in [1.54, 1.807) is 25.3 Å². The molecule has 3 aromatic carbocycles. The zero-order chi connectivity index (χ0) is 30.2. The van der Waals surface area contributed by atoms with E-state index in [1.807, 2.05) is 0 Å². The maximum Gasteiger partial charge on any atom is 0.248 e. The van der Waals surface area contributed by atoms with Crippen LogP contribution in [-0.2, 0) is 9.53 Å². The van der Waals surface area contributed by atoms with E-state index >= 15 is 0 Å². The Bertz CT molecular complexity index is 1460. The number of rotatable bonds is 11. The van der Waals surface area contributed by atoms with Crippen molar-refractivity contribution < 1.29 is 36.6 Å². The first-order valence-electron chi connectivity index (χ1n) is 13.3. The zero-order valence-electron chi connectivity index (χ0n) is 22.9. The number of ether oxygens (including phenoxy) is 2. The summed E-state index contributed by atoms with van der Waals surface area (Å²) in [5.41, 5.74) is 7.51. The molecule has 0 atom stereocenters. The first-order chi connectivity index (χ1) is 20.2. The molecule has 3 aromatic rings. The highest BCUT2D eigenvalue weighted by Gasteiger charge is 2.31. The minimum atomic E-state index is -1.07. The van der Waals surface area contributed by atoms with E-state index in [0.717, 1.165) is 24.3 Å². The largest absolute Gasteiger partial charge is 0.492 e. The summed E-state index contributed by atoms with van der Waals surface area (Å²) >= 11 is 0. The second-order valence-corrected chi connectivity index (χ2v) is 9.83. The minimum absolute atomic E-state index is 0.148. The van der Waals surface area contributed by atoms with Gasteiger partial charge in [-0.25, -0.2) is 17.6 Å². The molecule has 1 amide bonds. The van der Waals surface area contributed by atoms with Crippen LogP contribution in [0, 0.1) is 23.3 Å². The summed E-state index contributed by atoms with van der Waals surface area (Å²) < 4.78 is 65.8. The SMILES string of the molecule is COCCNCCOc1ccc(C(N)=O)c(C2C/C(=C\c3ccc(F)c(F)c3)C(=O)/C(=C/c3ccc(F)c(F)c3)C2)c1. The van der Waals surface area contributed by atoms with E-state index in [0.29, 0.717) is 37.6 Å². The summed E-state index contributed by atoms with van der Waals surface area (Å²) in [7, 11) is 1.61. The molecule has 0 bridgehead atoms. The monoisotopic (exact) mass is 582 g/mol. The number of primary amides is 1. The van der Waals surface area contributed by atoms with Gasteiger partial charge in [-0.15, -0.1) is 0 Å². The quantitative estimate of drug-likeness (QED) is 0.175. The second-order valence-electron chi connectivity index (χ2n) is 9.83. The van der Waals surface area contributed by atoms with Crippen molar-refractivity contribution in [1.29, 1.82) is 0 Å². The summed E-state index contributed by atoms with van der Waals surface area (Å²) in [4.78, 5) is 25.9. The van der Waals surface area contributed by atoms with Crippen molar-refractivity contribution in [2.75, 3.05) is 33.4 Å². The number of ketones is 1. The molecule has 0 unspecified atom stereocenters. The van der Waals surface area contributed by atoms with E-state index in [-0.39, 0.29) is 40.7 Å².